The summed E-state index contributed by atoms with van der Waals surface area (Å²) in [5, 5.41) is 3.32. The molecule has 0 aromatic heterocycles. The molecular formula is C27H36N2O. The molecule has 1 unspecified atom stereocenters. The fourth-order valence-electron chi connectivity index (χ4n) is 4.64. The summed E-state index contributed by atoms with van der Waals surface area (Å²) in [7, 11) is 0. The molecule has 0 radical (unpaired) electrons. The van der Waals surface area contributed by atoms with Crippen molar-refractivity contribution in [3.05, 3.63) is 77.5 Å². The quantitative estimate of drug-likeness (QED) is 0.607. The van der Waals surface area contributed by atoms with Crippen LogP contribution in [-0.2, 0) is 0 Å². The number of likely N-dealkylation sites (tertiary alicyclic amines) is 1. The minimum atomic E-state index is 0.0635. The van der Waals surface area contributed by atoms with Crippen LogP contribution >= 0.6 is 0 Å². The number of allylic oxidation sites excluding steroid dienone is 5. The highest BCUT2D eigenvalue weighted by atomic mass is 16.1. The summed E-state index contributed by atoms with van der Waals surface area (Å²) in [6, 6.07) is 6.24. The number of hydrogen-bond acceptors (Lipinski definition) is 2. The number of amides is 1. The number of carbonyl (C=O) groups is 1. The highest BCUT2D eigenvalue weighted by Crippen LogP contribution is 2.54. The molecule has 1 atom stereocenters. The van der Waals surface area contributed by atoms with E-state index in [-0.39, 0.29) is 5.91 Å². The Hall–Kier alpha value is -2.55. The van der Waals surface area contributed by atoms with E-state index in [0.29, 0.717) is 11.5 Å². The normalized spacial score (nSPS) is 21.6. The molecule has 1 heterocycles. The Morgan fingerprint density at radius 3 is 2.67 bits per heavy atom. The summed E-state index contributed by atoms with van der Waals surface area (Å²) in [6.07, 6.45) is 18.4. The van der Waals surface area contributed by atoms with Gasteiger partial charge in [-0.1, -0.05) is 62.9 Å². The van der Waals surface area contributed by atoms with Crippen molar-refractivity contribution in [1.82, 2.24) is 10.2 Å². The van der Waals surface area contributed by atoms with Gasteiger partial charge in [-0.25, -0.2) is 0 Å². The molecule has 1 aliphatic heterocycles. The molecule has 1 saturated carbocycles. The summed E-state index contributed by atoms with van der Waals surface area (Å²) in [5.41, 5.74) is 4.59. The minimum Gasteiger partial charge on any atom is -0.372 e. The molecule has 160 valence electrons. The molecule has 4 rings (SSSR count). The van der Waals surface area contributed by atoms with E-state index >= 15 is 0 Å². The second kappa shape index (κ2) is 9.97. The van der Waals surface area contributed by atoms with E-state index in [1.54, 1.807) is 6.08 Å². The van der Waals surface area contributed by atoms with Crippen LogP contribution in [0.4, 0.5) is 0 Å². The molecular weight excluding hydrogens is 368 g/mol. The van der Waals surface area contributed by atoms with E-state index < -0.39 is 0 Å². The van der Waals surface area contributed by atoms with Gasteiger partial charge in [-0.15, -0.1) is 0 Å². The van der Waals surface area contributed by atoms with Gasteiger partial charge in [0.15, 0.2) is 0 Å². The third-order valence-electron chi connectivity index (χ3n) is 6.63. The lowest BCUT2D eigenvalue weighted by molar-refractivity contribution is 0.0938. The molecule has 30 heavy (non-hydrogen) atoms. The summed E-state index contributed by atoms with van der Waals surface area (Å²) in [6.45, 7) is 11.9. The third kappa shape index (κ3) is 4.77. The molecule has 1 N–H and O–H groups in total. The van der Waals surface area contributed by atoms with E-state index in [0.717, 1.165) is 42.6 Å². The Morgan fingerprint density at radius 2 is 2.00 bits per heavy atom. The Balaban J connectivity index is 0.00000124. The minimum absolute atomic E-state index is 0.0635. The molecule has 2 fully saturated rings. The number of nitrogens with one attached hydrogen (secondary N) is 1. The van der Waals surface area contributed by atoms with Crippen molar-refractivity contribution in [3.63, 3.8) is 0 Å². The van der Waals surface area contributed by atoms with E-state index in [4.69, 9.17) is 0 Å². The largest absolute Gasteiger partial charge is 0.372 e. The Labute approximate surface area is 182 Å². The van der Waals surface area contributed by atoms with Crippen LogP contribution in [0.3, 0.4) is 0 Å². The maximum absolute atomic E-state index is 12.9. The van der Waals surface area contributed by atoms with Gasteiger partial charge >= 0.3 is 0 Å². The van der Waals surface area contributed by atoms with Gasteiger partial charge in [0.05, 0.1) is 0 Å². The van der Waals surface area contributed by atoms with Gasteiger partial charge in [0.2, 0.25) is 0 Å². The first-order valence-corrected chi connectivity index (χ1v) is 11.4. The Bertz CT molecular complexity index is 854. The molecule has 3 aliphatic rings. The van der Waals surface area contributed by atoms with Crippen LogP contribution in [-0.4, -0.2) is 29.9 Å². The lowest BCUT2D eigenvalue weighted by atomic mass is 9.91. The van der Waals surface area contributed by atoms with Crippen LogP contribution in [0.15, 0.2) is 60.9 Å². The number of nitrogens with zero attached hydrogens (tertiary/aromatic N) is 1. The van der Waals surface area contributed by atoms with Crippen LogP contribution < -0.4 is 5.32 Å². The number of rotatable bonds is 5. The van der Waals surface area contributed by atoms with Crippen molar-refractivity contribution in [2.45, 2.75) is 58.9 Å². The fraction of sp³-hybridized carbons (Fsp3) is 0.444. The molecule has 3 nitrogen and oxygen atoms in total. The van der Waals surface area contributed by atoms with Crippen molar-refractivity contribution >= 4 is 12.0 Å². The van der Waals surface area contributed by atoms with Crippen molar-refractivity contribution in [3.8, 4) is 0 Å². The summed E-state index contributed by atoms with van der Waals surface area (Å²) in [4.78, 5) is 15.4. The van der Waals surface area contributed by atoms with Crippen molar-refractivity contribution in [2.75, 3.05) is 13.1 Å². The van der Waals surface area contributed by atoms with Crippen molar-refractivity contribution in [1.29, 1.82) is 0 Å². The monoisotopic (exact) mass is 404 g/mol. The average molecular weight is 405 g/mol. The second-order valence-electron chi connectivity index (χ2n) is 8.30. The third-order valence-corrected chi connectivity index (χ3v) is 6.63. The van der Waals surface area contributed by atoms with E-state index in [1.165, 1.54) is 25.0 Å². The van der Waals surface area contributed by atoms with E-state index in [2.05, 4.69) is 35.0 Å². The molecule has 1 aromatic rings. The SMILES string of the molecule is C=C/C=C\c1cccc(C(=O)NC2CC23CCN(C2=CCCC=C2)CC3)c1C.CC. The molecule has 0 bridgehead atoms. The van der Waals surface area contributed by atoms with Gasteiger partial charge in [-0.3, -0.25) is 4.79 Å². The first-order chi connectivity index (χ1) is 14.6. The zero-order valence-electron chi connectivity index (χ0n) is 18.8. The first-order valence-electron chi connectivity index (χ1n) is 11.4. The van der Waals surface area contributed by atoms with E-state index in [1.807, 2.05) is 51.1 Å². The zero-order chi connectivity index (χ0) is 21.6. The smallest absolute Gasteiger partial charge is 0.251 e. The van der Waals surface area contributed by atoms with Crippen LogP contribution in [0.25, 0.3) is 6.08 Å². The lowest BCUT2D eigenvalue weighted by Crippen LogP contribution is -2.38. The van der Waals surface area contributed by atoms with Gasteiger partial charge in [-0.05, 0) is 67.7 Å². The van der Waals surface area contributed by atoms with Gasteiger partial charge in [0.1, 0.15) is 0 Å². The molecule has 1 amide bonds. The van der Waals surface area contributed by atoms with Crippen LogP contribution in [0.1, 0.15) is 67.4 Å². The highest BCUT2D eigenvalue weighted by molar-refractivity contribution is 5.97. The van der Waals surface area contributed by atoms with Crippen LogP contribution in [0.5, 0.6) is 0 Å². The first kappa shape index (κ1) is 22.1. The molecule has 1 saturated heterocycles. The maximum atomic E-state index is 12.9. The van der Waals surface area contributed by atoms with Gasteiger partial charge in [0, 0.05) is 30.4 Å². The van der Waals surface area contributed by atoms with Crippen LogP contribution in [0, 0.1) is 12.3 Å². The van der Waals surface area contributed by atoms with Crippen molar-refractivity contribution < 1.29 is 4.79 Å². The summed E-state index contributed by atoms with van der Waals surface area (Å²) >= 11 is 0. The topological polar surface area (TPSA) is 32.3 Å². The molecule has 1 aromatic carbocycles. The number of carbonyl (C=O) groups excluding carboxylic acids is 1. The molecule has 1 spiro atoms. The zero-order valence-corrected chi connectivity index (χ0v) is 18.8. The van der Waals surface area contributed by atoms with Gasteiger partial charge in [-0.2, -0.15) is 0 Å². The predicted octanol–water partition coefficient (Wildman–Crippen LogP) is 6.04. The molecule has 2 aliphatic carbocycles. The highest BCUT2D eigenvalue weighted by Gasteiger charge is 2.55. The Morgan fingerprint density at radius 1 is 1.23 bits per heavy atom. The second-order valence-corrected chi connectivity index (χ2v) is 8.30. The number of benzene rings is 1. The molecule has 3 heteroatoms. The Kier molecular flexibility index (Phi) is 7.36. The summed E-state index contributed by atoms with van der Waals surface area (Å²) < 4.78 is 0. The average Bonchev–Trinajstić information content (AvgIpc) is 3.45. The predicted molar refractivity (Wildman–Crippen MR) is 127 cm³/mol. The fourth-order valence-corrected chi connectivity index (χ4v) is 4.64. The standard InChI is InChI=1S/C25H30N2O.C2H6/c1-3-4-9-20-10-8-13-22(19(20)2)24(28)26-23-18-25(23)14-16-27(17-15-25)21-11-6-5-7-12-21;1-2/h3-4,6,8-13,23H,1,5,7,14-18H2,2H3,(H,26,28);1-2H3/b9-4-;. The number of hydrogen-bond donors (Lipinski definition) is 1. The van der Waals surface area contributed by atoms with Crippen molar-refractivity contribution in [2.24, 2.45) is 5.41 Å². The van der Waals surface area contributed by atoms with E-state index in [9.17, 15) is 4.79 Å². The lowest BCUT2D eigenvalue weighted by Gasteiger charge is -2.35. The van der Waals surface area contributed by atoms with Gasteiger partial charge < -0.3 is 10.2 Å². The summed E-state index contributed by atoms with van der Waals surface area (Å²) in [5.74, 6) is 0.0635. The van der Waals surface area contributed by atoms with Gasteiger partial charge in [0.25, 0.3) is 5.91 Å². The maximum Gasteiger partial charge on any atom is 0.251 e. The number of piperidine rings is 1. The van der Waals surface area contributed by atoms with Crippen LogP contribution in [0.2, 0.25) is 0 Å².